The van der Waals surface area contributed by atoms with Crippen LogP contribution in [0.4, 0.5) is 0 Å². The summed E-state index contributed by atoms with van der Waals surface area (Å²) in [7, 11) is 0. The molecular weight excluding hydrogens is 5430 g/mol. The van der Waals surface area contributed by atoms with Crippen LogP contribution in [-0.2, 0) is 553 Å². The van der Waals surface area contributed by atoms with Crippen molar-refractivity contribution in [3.05, 3.63) is 34.9 Å². The molecule has 0 nitrogen and oxygen atoms in total. The largest absolute Gasteiger partial charge is 0 e. The van der Waals surface area contributed by atoms with Gasteiger partial charge in [-0.05, 0) is 0 Å². The van der Waals surface area contributed by atoms with Crippen molar-refractivity contribution in [2.75, 3.05) is 0 Å². The summed E-state index contributed by atoms with van der Waals surface area (Å²) in [6.45, 7) is 33.2. The number of hydrogen-bond acceptors (Lipinski definition) is 0. The molecule has 378 valence electrons. The van der Waals surface area contributed by atoms with Gasteiger partial charge in [0.15, 0.2) is 0 Å². The summed E-state index contributed by atoms with van der Waals surface area (Å²) < 4.78 is 19.3. The molecule has 0 bridgehead atoms. The SMILES string of the molecule is CC(C)(C)C1=C[C](=[W])[C](=[W])C1.CC(C)(C)[C-]=[W].CC(C)(C)[C-]=[W].CC(C)C1=C[C](=[W])[C](=[W])C1.CC(C)C1=C[C](=[W])[C](=[W])C1.CC(C)[C-]=[W].[W].[W].[W].[W].[W].[W].[W].[W].[W].[W].[W].[W].[W].[W].[W].[W].[W].[W]. The molecule has 0 saturated heterocycles. The van der Waals surface area contributed by atoms with Crippen LogP contribution in [0, 0.1) is 34.0 Å². The van der Waals surface area contributed by atoms with Gasteiger partial charge in [0, 0.05) is 379 Å². The molecule has 0 amide bonds. The molecule has 3 aliphatic rings. The minimum Gasteiger partial charge on any atom is 0 e. The topological polar surface area (TPSA) is 0 Å². The first-order chi connectivity index (χ1) is 21.5. The fraction of sp³-hybridized carbons (Fsp3) is 0.615. The standard InChI is InChI=1S/C9H12.2C8H10.2C5H9.C4H7.27W/c1-9(2,3)8-6-4-5-7-8;2*1-7(2)8-5-3-4-6-8;2*1-5(2,3)4;1-4(2)3;;;;;;;;;;;;;;;;;;;;;;;;;;;/h6H,7H2,1-3H3;2*5,7H,6H2,1-2H3;2*1-3H3;4H,1-2H3;;;;;;;;;;;;;;;;;;;;;;;;;;;/q;;;3*-1;;;;;;;;;;;;;;;;;;;;;;;;;;;. The molecule has 0 unspecified atom stereocenters. The van der Waals surface area contributed by atoms with Crippen molar-refractivity contribution in [3.63, 3.8) is 0 Å². The van der Waals surface area contributed by atoms with Crippen molar-refractivity contribution in [3.8, 4) is 0 Å². The van der Waals surface area contributed by atoms with E-state index in [1.54, 1.807) is 156 Å². The number of allylic oxidation sites excluding steroid dienone is 6. The molecule has 0 radical (unpaired) electrons. The third kappa shape index (κ3) is 91.8. The second kappa shape index (κ2) is 83.7. The minimum atomic E-state index is 0. The first-order valence-electron chi connectivity index (χ1n) is 16.0. The number of hydrogen-bond donors (Lipinski definition) is 0. The maximum Gasteiger partial charge on any atom is 0 e. The Morgan fingerprint density at radius 3 is 0.621 bits per heavy atom. The molecule has 0 aromatic heterocycles. The fourth-order valence-electron chi connectivity index (χ4n) is 2.92. The van der Waals surface area contributed by atoms with Crippen LogP contribution in [0.15, 0.2) is 34.9 Å². The van der Waals surface area contributed by atoms with Crippen LogP contribution in [0.5, 0.6) is 0 Å². The first-order valence-corrected chi connectivity index (χ1v) is 29.2. The van der Waals surface area contributed by atoms with Crippen molar-refractivity contribution in [1.82, 2.24) is 0 Å². The fourth-order valence-corrected chi connectivity index (χ4v) is 7.69. The molecule has 0 aromatic rings. The van der Waals surface area contributed by atoms with Gasteiger partial charge in [-0.1, -0.05) is 0 Å². The van der Waals surface area contributed by atoms with Gasteiger partial charge in [-0.25, -0.2) is 0 Å². The molecule has 0 saturated carbocycles. The molecule has 0 fully saturated rings. The van der Waals surface area contributed by atoms with Crippen LogP contribution in [0.25, 0.3) is 0 Å². The summed E-state index contributed by atoms with van der Waals surface area (Å²) in [6, 6.07) is 0. The molecule has 3 rings (SSSR count). The van der Waals surface area contributed by atoms with Crippen molar-refractivity contribution in [1.29, 1.82) is 0 Å². The Bertz CT molecular complexity index is 1230. The molecule has 27 heteroatoms. The zero-order valence-corrected chi connectivity index (χ0v) is 118. The van der Waals surface area contributed by atoms with E-state index in [2.05, 4.69) is 135 Å². The van der Waals surface area contributed by atoms with Gasteiger partial charge in [0.25, 0.3) is 0 Å². The molecule has 0 aliphatic heterocycles. The van der Waals surface area contributed by atoms with Crippen molar-refractivity contribution in [2.45, 2.75) is 123 Å². The Morgan fingerprint density at radius 2 is 0.561 bits per heavy atom. The minimum absolute atomic E-state index is 0. The van der Waals surface area contributed by atoms with E-state index in [1.807, 2.05) is 0 Å². The maximum absolute atomic E-state index is 3.19. The summed E-state index contributed by atoms with van der Waals surface area (Å²) in [4.78, 5) is 0. The van der Waals surface area contributed by atoms with E-state index in [0.717, 1.165) is 11.8 Å². The van der Waals surface area contributed by atoms with Gasteiger partial charge < -0.3 is 0 Å². The third-order valence-corrected chi connectivity index (χ3v) is 26.1. The van der Waals surface area contributed by atoms with E-state index in [-0.39, 0.29) is 379 Å². The maximum atomic E-state index is 3.19. The Kier molecular flexibility index (Phi) is 184. The van der Waals surface area contributed by atoms with Crippen LogP contribution in [0.3, 0.4) is 0 Å². The monoisotopic (exact) mass is 5490 g/mol. The quantitative estimate of drug-likeness (QED) is 0.252. The van der Waals surface area contributed by atoms with E-state index >= 15 is 0 Å². The van der Waals surface area contributed by atoms with Crippen LogP contribution in [0.1, 0.15) is 123 Å². The Balaban J connectivity index is -0.0000000187. The Hall–Kier alpha value is 16.6. The van der Waals surface area contributed by atoms with Gasteiger partial charge in [-0.15, -0.1) is 0 Å². The van der Waals surface area contributed by atoms with Crippen molar-refractivity contribution in [2.24, 2.45) is 34.0 Å². The molecule has 0 atom stereocenters. The van der Waals surface area contributed by atoms with E-state index in [0.29, 0.717) is 22.2 Å². The summed E-state index contributed by atoms with van der Waals surface area (Å²) in [5.41, 5.74) is 5.93. The summed E-state index contributed by atoms with van der Waals surface area (Å²) in [5.74, 6) is 2.18. The van der Waals surface area contributed by atoms with Crippen LogP contribution >= 0.6 is 0 Å². The first kappa shape index (κ1) is 145. The smallest absolute Gasteiger partial charge is 0 e. The zero-order chi connectivity index (χ0) is 38.8. The zero-order valence-electron chi connectivity index (χ0n) is 39.1. The summed E-state index contributed by atoms with van der Waals surface area (Å²) in [5, 5.41) is 0. The van der Waals surface area contributed by atoms with Gasteiger partial charge in [-0.2, -0.15) is 0 Å². The normalized spacial score (nSPS) is 11.5. The van der Waals surface area contributed by atoms with E-state index in [4.69, 9.17) is 0 Å². The second-order valence-corrected chi connectivity index (χ2v) is 27.9. The van der Waals surface area contributed by atoms with Gasteiger partial charge in [0.2, 0.25) is 0 Å². The van der Waals surface area contributed by atoms with Crippen LogP contribution in [-0.4, -0.2) is 36.6 Å². The van der Waals surface area contributed by atoms with Crippen LogP contribution < -0.4 is 0 Å². The van der Waals surface area contributed by atoms with Gasteiger partial charge in [-0.3, -0.25) is 0 Å². The van der Waals surface area contributed by atoms with Crippen LogP contribution in [0.2, 0.25) is 0 Å². The third-order valence-electron chi connectivity index (χ3n) is 6.14. The molecule has 0 N–H and O–H groups in total. The van der Waals surface area contributed by atoms with Gasteiger partial charge >= 0.3 is 403 Å². The molecule has 0 heterocycles. The average Bonchev–Trinajstić information content (AvgIpc) is 3.60. The molecule has 3 aliphatic carbocycles. The predicted octanol–water partition coefficient (Wildman–Crippen LogP) is 7.96. The predicted molar refractivity (Wildman–Crippen MR) is 186 cm³/mol. The molecule has 0 spiro atoms. The molecule has 0 aromatic carbocycles. The van der Waals surface area contributed by atoms with Gasteiger partial charge in [0.1, 0.15) is 0 Å². The van der Waals surface area contributed by atoms with Crippen molar-refractivity contribution < 1.29 is 553 Å². The Labute approximate surface area is 763 Å². The molecular formula is C39H57W27-3. The summed E-state index contributed by atoms with van der Waals surface area (Å²) >= 11 is 14.2. The van der Waals surface area contributed by atoms with E-state index in [1.165, 1.54) is 77.3 Å². The second-order valence-electron chi connectivity index (χ2n) is 15.5. The molecule has 66 heavy (non-hydrogen) atoms. The number of rotatable bonds is 3. The van der Waals surface area contributed by atoms with Crippen molar-refractivity contribution >= 4 is 36.6 Å². The van der Waals surface area contributed by atoms with E-state index in [9.17, 15) is 0 Å². The summed E-state index contributed by atoms with van der Waals surface area (Å²) in [6.07, 6.45) is 11.0. The Morgan fingerprint density at radius 1 is 0.379 bits per heavy atom. The van der Waals surface area contributed by atoms with E-state index < -0.39 is 0 Å². The van der Waals surface area contributed by atoms with Gasteiger partial charge in [0.05, 0.1) is 0 Å². The average molecular weight is 5490 g/mol.